The maximum atomic E-state index is 11.7. The highest BCUT2D eigenvalue weighted by molar-refractivity contribution is 5.94. The van der Waals surface area contributed by atoms with Crippen LogP contribution < -0.4 is 11.1 Å². The van der Waals surface area contributed by atoms with E-state index in [9.17, 15) is 4.79 Å². The van der Waals surface area contributed by atoms with Gasteiger partial charge in [-0.25, -0.2) is 0 Å². The lowest BCUT2D eigenvalue weighted by atomic mass is 9.87. The third-order valence-corrected chi connectivity index (χ3v) is 2.82. The van der Waals surface area contributed by atoms with Crippen molar-refractivity contribution >= 4 is 5.91 Å². The van der Waals surface area contributed by atoms with Crippen molar-refractivity contribution in [1.82, 2.24) is 5.32 Å². The second-order valence-corrected chi connectivity index (χ2v) is 4.27. The summed E-state index contributed by atoms with van der Waals surface area (Å²) in [5, 5.41) is 2.96. The van der Waals surface area contributed by atoms with Crippen LogP contribution in [-0.2, 0) is 0 Å². The first-order valence-electron chi connectivity index (χ1n) is 5.28. The van der Waals surface area contributed by atoms with Crippen LogP contribution in [0.25, 0.3) is 0 Å². The number of aryl methyl sites for hydroxylation is 1. The number of amides is 1. The van der Waals surface area contributed by atoms with Crippen molar-refractivity contribution in [3.05, 3.63) is 35.4 Å². The van der Waals surface area contributed by atoms with Crippen molar-refractivity contribution in [2.45, 2.75) is 31.8 Å². The molecule has 0 unspecified atom stereocenters. The summed E-state index contributed by atoms with van der Waals surface area (Å²) in [6.07, 6.45) is 1.80. The number of hydrogen-bond donors (Lipinski definition) is 2. The Kier molecular flexibility index (Phi) is 2.73. The number of carbonyl (C=O) groups excluding carboxylic acids is 1. The molecule has 0 bridgehead atoms. The predicted molar refractivity (Wildman–Crippen MR) is 59.6 cm³/mol. The third-order valence-electron chi connectivity index (χ3n) is 2.82. The summed E-state index contributed by atoms with van der Waals surface area (Å²) < 4.78 is 0. The van der Waals surface area contributed by atoms with Crippen LogP contribution in [0.15, 0.2) is 24.3 Å². The zero-order valence-electron chi connectivity index (χ0n) is 8.86. The number of nitrogens with two attached hydrogens (primary N) is 1. The van der Waals surface area contributed by atoms with E-state index in [4.69, 9.17) is 5.73 Å². The Morgan fingerprint density at radius 2 is 1.93 bits per heavy atom. The maximum absolute atomic E-state index is 11.7. The molecular formula is C12H16N2O. The van der Waals surface area contributed by atoms with E-state index in [-0.39, 0.29) is 18.0 Å². The fourth-order valence-electron chi connectivity index (χ4n) is 1.75. The molecule has 0 heterocycles. The first kappa shape index (κ1) is 10.2. The normalized spacial score (nSPS) is 24.4. The summed E-state index contributed by atoms with van der Waals surface area (Å²) in [6.45, 7) is 2.01. The molecule has 1 aliphatic carbocycles. The van der Waals surface area contributed by atoms with Crippen LogP contribution >= 0.6 is 0 Å². The third kappa shape index (κ3) is 2.36. The molecule has 15 heavy (non-hydrogen) atoms. The Hall–Kier alpha value is -1.35. The van der Waals surface area contributed by atoms with Crippen LogP contribution in [0.1, 0.15) is 28.8 Å². The summed E-state index contributed by atoms with van der Waals surface area (Å²) in [4.78, 5) is 11.7. The molecule has 2 rings (SSSR count). The van der Waals surface area contributed by atoms with Crippen molar-refractivity contribution in [3.8, 4) is 0 Å². The van der Waals surface area contributed by atoms with E-state index < -0.39 is 0 Å². The van der Waals surface area contributed by atoms with Crippen LogP contribution in [0.2, 0.25) is 0 Å². The lowest BCUT2D eigenvalue weighted by Gasteiger charge is -2.32. The molecule has 80 valence electrons. The van der Waals surface area contributed by atoms with Gasteiger partial charge >= 0.3 is 0 Å². The van der Waals surface area contributed by atoms with Gasteiger partial charge in [0.25, 0.3) is 5.91 Å². The van der Waals surface area contributed by atoms with Crippen molar-refractivity contribution in [2.75, 3.05) is 0 Å². The molecule has 1 aromatic carbocycles. The van der Waals surface area contributed by atoms with Crippen LogP contribution in [0.3, 0.4) is 0 Å². The van der Waals surface area contributed by atoms with Gasteiger partial charge in [0.1, 0.15) is 0 Å². The highest BCUT2D eigenvalue weighted by Gasteiger charge is 2.27. The number of hydrogen-bond acceptors (Lipinski definition) is 2. The van der Waals surface area contributed by atoms with Crippen LogP contribution in [0.4, 0.5) is 0 Å². The molecule has 1 amide bonds. The first-order valence-corrected chi connectivity index (χ1v) is 5.28. The van der Waals surface area contributed by atoms with Gasteiger partial charge in [-0.1, -0.05) is 17.7 Å². The molecule has 3 N–H and O–H groups in total. The summed E-state index contributed by atoms with van der Waals surface area (Å²) >= 11 is 0. The molecule has 1 aliphatic rings. The summed E-state index contributed by atoms with van der Waals surface area (Å²) in [7, 11) is 0. The maximum Gasteiger partial charge on any atom is 0.251 e. The molecule has 3 heteroatoms. The van der Waals surface area contributed by atoms with Crippen LogP contribution in [-0.4, -0.2) is 18.0 Å². The lowest BCUT2D eigenvalue weighted by molar-refractivity contribution is 0.0910. The number of rotatable bonds is 2. The fourth-order valence-corrected chi connectivity index (χ4v) is 1.75. The van der Waals surface area contributed by atoms with E-state index in [1.807, 2.05) is 31.2 Å². The van der Waals surface area contributed by atoms with Gasteiger partial charge in [-0.2, -0.15) is 0 Å². The second-order valence-electron chi connectivity index (χ2n) is 4.27. The standard InChI is InChI=1S/C12H16N2O/c1-8-2-4-9(5-3-8)12(15)14-11-6-10(13)7-11/h2-5,10-11H,6-7,13H2,1H3,(H,14,15). The predicted octanol–water partition coefficient (Wildman–Crippen LogP) is 1.21. The average molecular weight is 204 g/mol. The van der Waals surface area contributed by atoms with E-state index in [0.29, 0.717) is 0 Å². The van der Waals surface area contributed by atoms with E-state index in [0.717, 1.165) is 24.0 Å². The van der Waals surface area contributed by atoms with E-state index >= 15 is 0 Å². The fraction of sp³-hybridized carbons (Fsp3) is 0.417. The number of nitrogens with one attached hydrogen (secondary N) is 1. The molecule has 0 saturated heterocycles. The van der Waals surface area contributed by atoms with Crippen LogP contribution in [0.5, 0.6) is 0 Å². The van der Waals surface area contributed by atoms with E-state index in [1.165, 1.54) is 0 Å². The quantitative estimate of drug-likeness (QED) is 0.761. The van der Waals surface area contributed by atoms with Gasteiger partial charge in [-0.15, -0.1) is 0 Å². The van der Waals surface area contributed by atoms with Gasteiger partial charge in [0.2, 0.25) is 0 Å². The summed E-state index contributed by atoms with van der Waals surface area (Å²) in [5.41, 5.74) is 7.54. The Balaban J connectivity index is 1.93. The second kappa shape index (κ2) is 4.03. The average Bonchev–Trinajstić information content (AvgIpc) is 2.16. The van der Waals surface area contributed by atoms with Gasteiger partial charge in [-0.05, 0) is 31.9 Å². The minimum Gasteiger partial charge on any atom is -0.349 e. The molecule has 0 spiro atoms. The van der Waals surface area contributed by atoms with Crippen molar-refractivity contribution in [2.24, 2.45) is 5.73 Å². The molecule has 1 aromatic rings. The minimum absolute atomic E-state index is 0.00639. The largest absolute Gasteiger partial charge is 0.349 e. The van der Waals surface area contributed by atoms with Crippen LogP contribution in [0, 0.1) is 6.92 Å². The zero-order chi connectivity index (χ0) is 10.8. The summed E-state index contributed by atoms with van der Waals surface area (Å²) in [5.74, 6) is 0.00639. The Bertz CT molecular complexity index is 352. The number of carbonyl (C=O) groups is 1. The SMILES string of the molecule is Cc1ccc(C(=O)NC2CC(N)C2)cc1. The Morgan fingerprint density at radius 1 is 1.33 bits per heavy atom. The van der Waals surface area contributed by atoms with E-state index in [2.05, 4.69) is 5.32 Å². The molecule has 0 atom stereocenters. The topological polar surface area (TPSA) is 55.1 Å². The smallest absolute Gasteiger partial charge is 0.251 e. The zero-order valence-corrected chi connectivity index (χ0v) is 8.86. The first-order chi connectivity index (χ1) is 7.15. The molecular weight excluding hydrogens is 188 g/mol. The van der Waals surface area contributed by atoms with E-state index in [1.54, 1.807) is 0 Å². The molecule has 0 radical (unpaired) electrons. The van der Waals surface area contributed by atoms with Gasteiger partial charge in [0.05, 0.1) is 0 Å². The van der Waals surface area contributed by atoms with Crippen molar-refractivity contribution < 1.29 is 4.79 Å². The summed E-state index contributed by atoms with van der Waals surface area (Å²) in [6, 6.07) is 8.14. The van der Waals surface area contributed by atoms with Gasteiger partial charge in [-0.3, -0.25) is 4.79 Å². The Morgan fingerprint density at radius 3 is 2.47 bits per heavy atom. The van der Waals surface area contributed by atoms with Crippen molar-refractivity contribution in [1.29, 1.82) is 0 Å². The highest BCUT2D eigenvalue weighted by Crippen LogP contribution is 2.17. The molecule has 0 aliphatic heterocycles. The molecule has 3 nitrogen and oxygen atoms in total. The van der Waals surface area contributed by atoms with Gasteiger partial charge < -0.3 is 11.1 Å². The van der Waals surface area contributed by atoms with Crippen molar-refractivity contribution in [3.63, 3.8) is 0 Å². The highest BCUT2D eigenvalue weighted by atomic mass is 16.1. The van der Waals surface area contributed by atoms with Gasteiger partial charge in [0, 0.05) is 17.6 Å². The number of benzene rings is 1. The van der Waals surface area contributed by atoms with Gasteiger partial charge in [0.15, 0.2) is 0 Å². The molecule has 1 saturated carbocycles. The lowest BCUT2D eigenvalue weighted by Crippen LogP contribution is -2.50. The monoisotopic (exact) mass is 204 g/mol. The Labute approximate surface area is 89.7 Å². The molecule has 0 aromatic heterocycles. The minimum atomic E-state index is 0.00639. The molecule has 1 fully saturated rings.